The first-order chi connectivity index (χ1) is 8.74. The van der Waals surface area contributed by atoms with Gasteiger partial charge in [0.25, 0.3) is 0 Å². The molecule has 1 atom stereocenters. The number of rotatable bonds is 13. The van der Waals surface area contributed by atoms with Crippen LogP contribution >= 0.6 is 0 Å². The van der Waals surface area contributed by atoms with Crippen LogP contribution in [0.5, 0.6) is 0 Å². The molecule has 110 valence electrons. The van der Waals surface area contributed by atoms with E-state index in [1.807, 2.05) is 0 Å². The summed E-state index contributed by atoms with van der Waals surface area (Å²) in [6.45, 7) is 8.80. The molecule has 0 bridgehead atoms. The first-order valence-corrected chi connectivity index (χ1v) is 7.21. The smallest absolute Gasteiger partial charge is 0.0900 e. The van der Waals surface area contributed by atoms with E-state index in [1.165, 1.54) is 25.7 Å². The molecule has 0 aliphatic rings. The first-order valence-electron chi connectivity index (χ1n) is 7.21. The SMILES string of the molecule is CCCCN(CCCC)CC(O)COCCOC. The molecule has 0 aromatic heterocycles. The molecule has 0 spiro atoms. The number of ether oxygens (including phenoxy) is 2. The van der Waals surface area contributed by atoms with Crippen LogP contribution in [-0.4, -0.2) is 62.7 Å². The van der Waals surface area contributed by atoms with E-state index < -0.39 is 6.10 Å². The molecule has 1 N–H and O–H groups in total. The number of hydrogen-bond donors (Lipinski definition) is 1. The largest absolute Gasteiger partial charge is 0.389 e. The molecule has 18 heavy (non-hydrogen) atoms. The maximum Gasteiger partial charge on any atom is 0.0900 e. The molecular weight excluding hydrogens is 230 g/mol. The molecule has 0 heterocycles. The highest BCUT2D eigenvalue weighted by Gasteiger charge is 2.11. The summed E-state index contributed by atoms with van der Waals surface area (Å²) in [6.07, 6.45) is 4.39. The van der Waals surface area contributed by atoms with Gasteiger partial charge in [-0.1, -0.05) is 26.7 Å². The fraction of sp³-hybridized carbons (Fsp3) is 1.00. The van der Waals surface area contributed by atoms with Crippen molar-refractivity contribution in [2.24, 2.45) is 0 Å². The predicted molar refractivity (Wildman–Crippen MR) is 75.0 cm³/mol. The van der Waals surface area contributed by atoms with Gasteiger partial charge in [0.2, 0.25) is 0 Å². The van der Waals surface area contributed by atoms with E-state index in [0.717, 1.165) is 13.1 Å². The van der Waals surface area contributed by atoms with E-state index >= 15 is 0 Å². The van der Waals surface area contributed by atoms with E-state index in [0.29, 0.717) is 26.4 Å². The molecule has 0 aliphatic heterocycles. The van der Waals surface area contributed by atoms with Gasteiger partial charge in [-0.3, -0.25) is 0 Å². The molecule has 0 radical (unpaired) electrons. The van der Waals surface area contributed by atoms with Gasteiger partial charge >= 0.3 is 0 Å². The molecule has 0 rings (SSSR count). The van der Waals surface area contributed by atoms with Crippen molar-refractivity contribution in [3.63, 3.8) is 0 Å². The minimum atomic E-state index is -0.393. The Morgan fingerprint density at radius 2 is 1.67 bits per heavy atom. The van der Waals surface area contributed by atoms with Crippen LogP contribution in [-0.2, 0) is 9.47 Å². The topological polar surface area (TPSA) is 41.9 Å². The zero-order valence-electron chi connectivity index (χ0n) is 12.4. The van der Waals surface area contributed by atoms with Gasteiger partial charge in [-0.05, 0) is 25.9 Å². The zero-order valence-corrected chi connectivity index (χ0v) is 12.4. The lowest BCUT2D eigenvalue weighted by Gasteiger charge is -2.24. The van der Waals surface area contributed by atoms with Gasteiger partial charge in [-0.2, -0.15) is 0 Å². The van der Waals surface area contributed by atoms with Gasteiger partial charge in [0, 0.05) is 13.7 Å². The summed E-state index contributed by atoms with van der Waals surface area (Å²) in [5, 5.41) is 9.91. The van der Waals surface area contributed by atoms with E-state index in [2.05, 4.69) is 18.7 Å². The van der Waals surface area contributed by atoms with E-state index in [4.69, 9.17) is 9.47 Å². The fourth-order valence-electron chi connectivity index (χ4n) is 1.77. The first kappa shape index (κ1) is 17.8. The lowest BCUT2D eigenvalue weighted by atomic mass is 10.2. The number of methoxy groups -OCH3 is 1. The highest BCUT2D eigenvalue weighted by atomic mass is 16.5. The molecule has 1 unspecified atom stereocenters. The fourth-order valence-corrected chi connectivity index (χ4v) is 1.77. The maximum absolute atomic E-state index is 9.91. The van der Waals surface area contributed by atoms with Crippen molar-refractivity contribution in [2.75, 3.05) is 46.6 Å². The predicted octanol–water partition coefficient (Wildman–Crippen LogP) is 1.91. The van der Waals surface area contributed by atoms with Crippen LogP contribution in [0.1, 0.15) is 39.5 Å². The Bertz CT molecular complexity index is 159. The van der Waals surface area contributed by atoms with Crippen LogP contribution in [0.25, 0.3) is 0 Å². The van der Waals surface area contributed by atoms with Crippen molar-refractivity contribution in [3.05, 3.63) is 0 Å². The van der Waals surface area contributed by atoms with Crippen LogP contribution in [0.3, 0.4) is 0 Å². The summed E-state index contributed by atoms with van der Waals surface area (Å²) in [5.74, 6) is 0. The summed E-state index contributed by atoms with van der Waals surface area (Å²) < 4.78 is 10.2. The average Bonchev–Trinajstić information content (AvgIpc) is 2.38. The second kappa shape index (κ2) is 13.3. The van der Waals surface area contributed by atoms with Crippen molar-refractivity contribution < 1.29 is 14.6 Å². The highest BCUT2D eigenvalue weighted by Crippen LogP contribution is 2.01. The number of aliphatic hydroxyl groups excluding tert-OH is 1. The molecule has 0 aliphatic carbocycles. The number of aliphatic hydroxyl groups is 1. The Morgan fingerprint density at radius 1 is 1.06 bits per heavy atom. The second-order valence-corrected chi connectivity index (χ2v) is 4.73. The molecule has 0 aromatic carbocycles. The molecule has 4 nitrogen and oxygen atoms in total. The van der Waals surface area contributed by atoms with Crippen molar-refractivity contribution in [1.29, 1.82) is 0 Å². The van der Waals surface area contributed by atoms with Crippen LogP contribution in [0.15, 0.2) is 0 Å². The number of unbranched alkanes of at least 4 members (excludes halogenated alkanes) is 2. The van der Waals surface area contributed by atoms with Crippen LogP contribution in [0, 0.1) is 0 Å². The average molecular weight is 261 g/mol. The van der Waals surface area contributed by atoms with Gasteiger partial charge in [-0.15, -0.1) is 0 Å². The summed E-state index contributed by atoms with van der Waals surface area (Å²) in [6, 6.07) is 0. The third-order valence-corrected chi connectivity index (χ3v) is 2.87. The third-order valence-electron chi connectivity index (χ3n) is 2.87. The molecule has 0 saturated carbocycles. The molecular formula is C14H31NO3. The van der Waals surface area contributed by atoms with Crippen LogP contribution in [0.4, 0.5) is 0 Å². The summed E-state index contributed by atoms with van der Waals surface area (Å²) >= 11 is 0. The van der Waals surface area contributed by atoms with Gasteiger partial charge in [-0.25, -0.2) is 0 Å². The summed E-state index contributed by atoms with van der Waals surface area (Å²) in [4.78, 5) is 2.34. The van der Waals surface area contributed by atoms with Crippen LogP contribution < -0.4 is 0 Å². The molecule has 0 fully saturated rings. The van der Waals surface area contributed by atoms with E-state index in [-0.39, 0.29) is 0 Å². The minimum Gasteiger partial charge on any atom is -0.389 e. The lowest BCUT2D eigenvalue weighted by Crippen LogP contribution is -2.36. The van der Waals surface area contributed by atoms with Crippen molar-refractivity contribution in [1.82, 2.24) is 4.90 Å². The van der Waals surface area contributed by atoms with Gasteiger partial charge in [0.05, 0.1) is 25.9 Å². The van der Waals surface area contributed by atoms with Gasteiger partial charge in [0.1, 0.15) is 0 Å². The molecule has 0 saturated heterocycles. The second-order valence-electron chi connectivity index (χ2n) is 4.73. The quantitative estimate of drug-likeness (QED) is 0.514. The number of nitrogens with zero attached hydrogens (tertiary/aromatic N) is 1. The van der Waals surface area contributed by atoms with Gasteiger partial charge in [0.15, 0.2) is 0 Å². The third kappa shape index (κ3) is 11.0. The Morgan fingerprint density at radius 3 is 2.17 bits per heavy atom. The van der Waals surface area contributed by atoms with E-state index in [9.17, 15) is 5.11 Å². The Balaban J connectivity index is 3.74. The Labute approximate surface area is 112 Å². The maximum atomic E-state index is 9.91. The molecule has 4 heteroatoms. The lowest BCUT2D eigenvalue weighted by molar-refractivity contribution is -0.000818. The summed E-state index contributed by atoms with van der Waals surface area (Å²) in [7, 11) is 1.65. The zero-order chi connectivity index (χ0) is 13.6. The van der Waals surface area contributed by atoms with Crippen molar-refractivity contribution in [3.8, 4) is 0 Å². The summed E-state index contributed by atoms with van der Waals surface area (Å²) in [5.41, 5.74) is 0. The standard InChI is InChI=1S/C14H31NO3/c1-4-6-8-15(9-7-5-2)12-14(16)13-18-11-10-17-3/h14,16H,4-13H2,1-3H3. The normalized spacial score (nSPS) is 13.2. The van der Waals surface area contributed by atoms with Crippen molar-refractivity contribution >= 4 is 0 Å². The molecule has 0 aromatic rings. The van der Waals surface area contributed by atoms with Crippen LogP contribution in [0.2, 0.25) is 0 Å². The monoisotopic (exact) mass is 261 g/mol. The molecule has 0 amide bonds. The van der Waals surface area contributed by atoms with Crippen molar-refractivity contribution in [2.45, 2.75) is 45.6 Å². The van der Waals surface area contributed by atoms with Gasteiger partial charge < -0.3 is 19.5 Å². The minimum absolute atomic E-state index is 0.393. The highest BCUT2D eigenvalue weighted by molar-refractivity contribution is 4.64. The Kier molecular flexibility index (Phi) is 13.2. The Hall–Kier alpha value is -0.160. The van der Waals surface area contributed by atoms with E-state index in [1.54, 1.807) is 7.11 Å². The number of hydrogen-bond acceptors (Lipinski definition) is 4.